The number of benzene rings is 5. The predicted octanol–water partition coefficient (Wildman–Crippen LogP) is 7.17. The molecule has 1 aliphatic heterocycles. The molecule has 5 aromatic rings. The average molecular weight is 787 g/mol. The zero-order valence-electron chi connectivity index (χ0n) is 32.6. The summed E-state index contributed by atoms with van der Waals surface area (Å²) in [5.74, 6) is -1.84. The van der Waals surface area contributed by atoms with Gasteiger partial charge >= 0.3 is 17.9 Å². The lowest BCUT2D eigenvalue weighted by Gasteiger charge is -2.49. The minimum Gasteiger partial charge on any atom is -0.459 e. The van der Waals surface area contributed by atoms with Gasteiger partial charge in [-0.25, -0.2) is 14.4 Å². The first kappa shape index (κ1) is 41.2. The van der Waals surface area contributed by atoms with Crippen molar-refractivity contribution in [3.63, 3.8) is 0 Å². The van der Waals surface area contributed by atoms with E-state index in [1.165, 1.54) is 0 Å². The van der Waals surface area contributed by atoms with E-state index < -0.39 is 61.8 Å². The molecule has 6 rings (SSSR count). The Bertz CT molecular complexity index is 1990. The van der Waals surface area contributed by atoms with E-state index in [1.54, 1.807) is 84.9 Å². The molecule has 0 bridgehead atoms. The monoisotopic (exact) mass is 786 g/mol. The van der Waals surface area contributed by atoms with Crippen molar-refractivity contribution in [3.05, 3.63) is 168 Å². The van der Waals surface area contributed by atoms with Crippen molar-refractivity contribution < 1.29 is 42.9 Å². The van der Waals surface area contributed by atoms with Crippen LogP contribution in [0.5, 0.6) is 0 Å². The molecule has 0 amide bonds. The highest BCUT2D eigenvalue weighted by atomic mass is 28.4. The standard InChI is InChI=1S/C47H50O9Si/c1-4-5-31-52-43-41(55-45(49)35-23-13-7-14-24-35)39(32-47(2,3)57(51,37-27-17-9-18-28-37)38-29-19-10-20-30-38)54-40(33-53-44(48)34-21-11-6-12-22-34)42(43)56-46(50)36-25-15-8-16-26-36/h6-30,39-43,51H,4-5,31-33H2,1-3H3/t39-,40?,41?,42+,43?/m0/s1. The van der Waals surface area contributed by atoms with Crippen LogP contribution in [0.2, 0.25) is 5.04 Å². The maximum atomic E-state index is 14.0. The molecule has 0 saturated carbocycles. The third kappa shape index (κ3) is 9.77. The Morgan fingerprint density at radius 2 is 1.00 bits per heavy atom. The quantitative estimate of drug-likeness (QED) is 0.0481. The number of ether oxygens (including phenoxy) is 5. The number of hydrogen-bond donors (Lipinski definition) is 1. The highest BCUT2D eigenvalue weighted by Crippen LogP contribution is 2.44. The molecule has 9 nitrogen and oxygen atoms in total. The Kier molecular flexibility index (Phi) is 13.9. The van der Waals surface area contributed by atoms with Crippen LogP contribution in [-0.4, -0.2) is 74.8 Å². The van der Waals surface area contributed by atoms with Crippen molar-refractivity contribution in [1.29, 1.82) is 0 Å². The van der Waals surface area contributed by atoms with E-state index in [0.717, 1.165) is 16.8 Å². The van der Waals surface area contributed by atoms with E-state index in [4.69, 9.17) is 23.7 Å². The molecule has 5 atom stereocenters. The lowest BCUT2D eigenvalue weighted by Crippen LogP contribution is -2.68. The van der Waals surface area contributed by atoms with Crippen LogP contribution < -0.4 is 10.4 Å². The molecule has 0 aliphatic carbocycles. The Balaban J connectivity index is 1.44. The first-order chi connectivity index (χ1) is 27.6. The highest BCUT2D eigenvalue weighted by Gasteiger charge is 2.57. The molecule has 0 aromatic heterocycles. The van der Waals surface area contributed by atoms with Crippen LogP contribution in [0.1, 0.15) is 71.1 Å². The topological polar surface area (TPSA) is 118 Å². The lowest BCUT2D eigenvalue weighted by atomic mass is 9.89. The molecule has 1 N–H and O–H groups in total. The molecular formula is C47H50O9Si. The van der Waals surface area contributed by atoms with E-state index in [2.05, 4.69) is 0 Å². The van der Waals surface area contributed by atoms with Gasteiger partial charge in [0.2, 0.25) is 0 Å². The Morgan fingerprint density at radius 1 is 0.596 bits per heavy atom. The lowest BCUT2D eigenvalue weighted by molar-refractivity contribution is -0.243. The number of esters is 3. The predicted molar refractivity (Wildman–Crippen MR) is 220 cm³/mol. The smallest absolute Gasteiger partial charge is 0.338 e. The summed E-state index contributed by atoms with van der Waals surface area (Å²) in [7, 11) is -3.62. The number of carbonyl (C=O) groups excluding carboxylic acids is 3. The summed E-state index contributed by atoms with van der Waals surface area (Å²) in [6.07, 6.45) is -3.64. The second-order valence-electron chi connectivity index (χ2n) is 14.9. The molecule has 1 fully saturated rings. The Labute approximate surface area is 335 Å². The van der Waals surface area contributed by atoms with Crippen LogP contribution in [0.25, 0.3) is 0 Å². The molecule has 3 unspecified atom stereocenters. The van der Waals surface area contributed by atoms with Gasteiger partial charge in [0.1, 0.15) is 18.8 Å². The van der Waals surface area contributed by atoms with Crippen molar-refractivity contribution in [2.24, 2.45) is 0 Å². The van der Waals surface area contributed by atoms with Crippen molar-refractivity contribution in [2.45, 2.75) is 75.6 Å². The normalized spacial score (nSPS) is 19.6. The maximum absolute atomic E-state index is 14.0. The van der Waals surface area contributed by atoms with Gasteiger partial charge in [0.05, 0.1) is 22.8 Å². The minimum atomic E-state index is -3.62. The summed E-state index contributed by atoms with van der Waals surface area (Å²) in [5.41, 5.74) is 0.961. The first-order valence-electron chi connectivity index (χ1n) is 19.5. The van der Waals surface area contributed by atoms with Gasteiger partial charge in [0.25, 0.3) is 8.32 Å². The van der Waals surface area contributed by atoms with E-state index in [9.17, 15) is 19.2 Å². The molecule has 57 heavy (non-hydrogen) atoms. The number of hydrogen-bond acceptors (Lipinski definition) is 9. The van der Waals surface area contributed by atoms with Gasteiger partial charge in [-0.3, -0.25) is 0 Å². The zero-order chi connectivity index (χ0) is 40.3. The molecule has 1 saturated heterocycles. The van der Waals surface area contributed by atoms with E-state index in [-0.39, 0.29) is 19.6 Å². The molecule has 296 valence electrons. The summed E-state index contributed by atoms with van der Waals surface area (Å²) in [6.45, 7) is 5.99. The summed E-state index contributed by atoms with van der Waals surface area (Å²) in [6, 6.07) is 45.0. The number of carbonyl (C=O) groups is 3. The molecule has 5 aromatic carbocycles. The van der Waals surface area contributed by atoms with Gasteiger partial charge in [-0.1, -0.05) is 142 Å². The fraction of sp³-hybridized carbons (Fsp3) is 0.298. The van der Waals surface area contributed by atoms with Crippen LogP contribution in [-0.2, 0) is 23.7 Å². The fourth-order valence-electron chi connectivity index (χ4n) is 7.43. The van der Waals surface area contributed by atoms with Crippen molar-refractivity contribution in [3.8, 4) is 0 Å². The second-order valence-corrected chi connectivity index (χ2v) is 18.8. The maximum Gasteiger partial charge on any atom is 0.338 e. The van der Waals surface area contributed by atoms with Crippen LogP contribution in [0.3, 0.4) is 0 Å². The first-order valence-corrected chi connectivity index (χ1v) is 21.4. The second kappa shape index (κ2) is 19.2. The van der Waals surface area contributed by atoms with Gasteiger partial charge in [0, 0.05) is 6.61 Å². The van der Waals surface area contributed by atoms with Gasteiger partial charge in [-0.15, -0.1) is 0 Å². The Hall–Kier alpha value is -5.39. The average Bonchev–Trinajstić information content (AvgIpc) is 3.25. The highest BCUT2D eigenvalue weighted by molar-refractivity contribution is 6.98. The van der Waals surface area contributed by atoms with Gasteiger partial charge in [-0.05, 0) is 64.7 Å². The van der Waals surface area contributed by atoms with Crippen LogP contribution in [0, 0.1) is 0 Å². The van der Waals surface area contributed by atoms with E-state index in [0.29, 0.717) is 23.1 Å². The zero-order valence-corrected chi connectivity index (χ0v) is 33.6. The van der Waals surface area contributed by atoms with E-state index in [1.807, 2.05) is 87.5 Å². The molecule has 10 heteroatoms. The molecule has 0 spiro atoms. The third-order valence-electron chi connectivity index (χ3n) is 10.5. The van der Waals surface area contributed by atoms with Gasteiger partial charge < -0.3 is 28.5 Å². The third-order valence-corrected chi connectivity index (χ3v) is 15.0. The van der Waals surface area contributed by atoms with Crippen molar-refractivity contribution in [2.75, 3.05) is 13.2 Å². The van der Waals surface area contributed by atoms with Crippen molar-refractivity contribution in [1.82, 2.24) is 0 Å². The fourth-order valence-corrected chi connectivity index (χ4v) is 11.2. The molecule has 1 heterocycles. The van der Waals surface area contributed by atoms with Crippen LogP contribution >= 0.6 is 0 Å². The van der Waals surface area contributed by atoms with Crippen molar-refractivity contribution >= 4 is 36.6 Å². The molecular weight excluding hydrogens is 737 g/mol. The SMILES string of the molecule is CCCCOC1C(OC(=O)c2ccccc2)[C@H](CC(C)(C)[Si](O)(c2ccccc2)c2ccccc2)OC(COC(=O)c2ccccc2)[C@H]1OC(=O)c1ccccc1. The van der Waals surface area contributed by atoms with E-state index >= 15 is 0 Å². The number of unbranched alkanes of at least 4 members (excludes halogenated alkanes) is 1. The molecule has 0 radical (unpaired) electrons. The largest absolute Gasteiger partial charge is 0.459 e. The summed E-state index contributed by atoms with van der Waals surface area (Å²) in [4.78, 5) is 54.3. The molecule has 1 aliphatic rings. The van der Waals surface area contributed by atoms with Gasteiger partial charge in [0.15, 0.2) is 12.2 Å². The summed E-state index contributed by atoms with van der Waals surface area (Å²) >= 11 is 0. The van der Waals surface area contributed by atoms with Crippen LogP contribution in [0.4, 0.5) is 0 Å². The van der Waals surface area contributed by atoms with Crippen LogP contribution in [0.15, 0.2) is 152 Å². The summed E-state index contributed by atoms with van der Waals surface area (Å²) < 4.78 is 32.1. The minimum absolute atomic E-state index is 0.183. The Morgan fingerprint density at radius 3 is 1.44 bits per heavy atom. The number of rotatable bonds is 16. The van der Waals surface area contributed by atoms with Gasteiger partial charge in [-0.2, -0.15) is 0 Å². The summed E-state index contributed by atoms with van der Waals surface area (Å²) in [5, 5.41) is 0.729.